The molecule has 0 bridgehead atoms. The zero-order chi connectivity index (χ0) is 31.1. The number of amides is 2. The number of rotatable bonds is 12. The molecule has 7 N–H and O–H groups in total. The van der Waals surface area contributed by atoms with E-state index >= 15 is 0 Å². The fourth-order valence-corrected chi connectivity index (χ4v) is 4.85. The number of anilines is 1. The van der Waals surface area contributed by atoms with Gasteiger partial charge in [0.25, 0.3) is 5.91 Å². The number of nitrogens with zero attached hydrogens (tertiary/aromatic N) is 3. The third-order valence-corrected chi connectivity index (χ3v) is 6.94. The average molecular weight is 592 g/mol. The minimum absolute atomic E-state index is 0.0231. The molecule has 224 valence electrons. The van der Waals surface area contributed by atoms with Gasteiger partial charge in [0, 0.05) is 23.4 Å². The molecule has 5 aromatic rings. The van der Waals surface area contributed by atoms with Crippen LogP contribution in [0.3, 0.4) is 0 Å². The molecular weight excluding hydrogens is 558 g/mol. The molecule has 0 aliphatic rings. The molecule has 0 radical (unpaired) electrons. The van der Waals surface area contributed by atoms with E-state index in [2.05, 4.69) is 10.3 Å². The number of primary amides is 1. The van der Waals surface area contributed by atoms with Crippen molar-refractivity contribution in [2.75, 3.05) is 19.0 Å². The molecule has 0 aliphatic heterocycles. The van der Waals surface area contributed by atoms with Crippen molar-refractivity contribution < 1.29 is 19.1 Å². The smallest absolute Gasteiger partial charge is 0.255 e. The number of benzene rings is 4. The van der Waals surface area contributed by atoms with E-state index in [9.17, 15) is 9.59 Å². The summed E-state index contributed by atoms with van der Waals surface area (Å²) in [6.45, 7) is 0.337. The summed E-state index contributed by atoms with van der Waals surface area (Å²) in [5, 5.41) is 2.89. The molecule has 1 aromatic heterocycles. The zero-order valence-corrected chi connectivity index (χ0v) is 24.1. The number of para-hydroxylation sites is 1. The number of methoxy groups -OCH3 is 1. The molecule has 1 heterocycles. The number of aromatic nitrogens is 2. The van der Waals surface area contributed by atoms with Crippen LogP contribution in [0.15, 0.2) is 102 Å². The second-order valence-corrected chi connectivity index (χ2v) is 10.0. The highest BCUT2D eigenvalue weighted by Crippen LogP contribution is 2.33. The first-order valence-electron chi connectivity index (χ1n) is 14.0. The first-order valence-corrected chi connectivity index (χ1v) is 14.0. The van der Waals surface area contributed by atoms with E-state index in [4.69, 9.17) is 31.7 Å². The van der Waals surface area contributed by atoms with Gasteiger partial charge in [-0.2, -0.15) is 0 Å². The van der Waals surface area contributed by atoms with Crippen molar-refractivity contribution in [2.45, 2.75) is 18.9 Å². The van der Waals surface area contributed by atoms with Crippen LogP contribution < -0.4 is 32.0 Å². The predicted octanol–water partition coefficient (Wildman–Crippen LogP) is 4.84. The van der Waals surface area contributed by atoms with Gasteiger partial charge in [-0.25, -0.2) is 4.98 Å². The molecule has 2 amide bonds. The van der Waals surface area contributed by atoms with Gasteiger partial charge in [-0.3, -0.25) is 14.6 Å². The van der Waals surface area contributed by atoms with Crippen LogP contribution in [0.5, 0.6) is 17.2 Å². The predicted molar refractivity (Wildman–Crippen MR) is 171 cm³/mol. The zero-order valence-electron chi connectivity index (χ0n) is 24.1. The lowest BCUT2D eigenvalue weighted by Gasteiger charge is -2.19. The Balaban J connectivity index is 1.54. The Bertz CT molecular complexity index is 1800. The van der Waals surface area contributed by atoms with Crippen LogP contribution in [0.25, 0.3) is 22.4 Å². The van der Waals surface area contributed by atoms with Crippen molar-refractivity contribution >= 4 is 34.5 Å². The van der Waals surface area contributed by atoms with Gasteiger partial charge in [-0.1, -0.05) is 30.3 Å². The number of fused-ring (bicyclic) bond motifs is 1. The fraction of sp³-hybridized carbons (Fsp3) is 0.152. The molecule has 11 heteroatoms. The number of nitrogens with two attached hydrogens (primary N) is 3. The van der Waals surface area contributed by atoms with Gasteiger partial charge in [-0.15, -0.1) is 0 Å². The van der Waals surface area contributed by atoms with Crippen molar-refractivity contribution in [3.8, 4) is 28.6 Å². The van der Waals surface area contributed by atoms with Crippen LogP contribution in [0.2, 0.25) is 0 Å². The normalized spacial score (nSPS) is 11.5. The minimum atomic E-state index is -0.762. The molecule has 0 fully saturated rings. The van der Waals surface area contributed by atoms with Crippen LogP contribution in [0.4, 0.5) is 5.69 Å². The van der Waals surface area contributed by atoms with E-state index in [1.165, 1.54) is 0 Å². The van der Waals surface area contributed by atoms with E-state index in [0.29, 0.717) is 70.3 Å². The monoisotopic (exact) mass is 591 g/mol. The van der Waals surface area contributed by atoms with E-state index < -0.39 is 11.9 Å². The molecule has 5 rings (SSSR count). The highest BCUT2D eigenvalue weighted by Gasteiger charge is 2.25. The van der Waals surface area contributed by atoms with Crippen LogP contribution in [0, 0.1) is 0 Å². The highest BCUT2D eigenvalue weighted by atomic mass is 16.5. The van der Waals surface area contributed by atoms with Gasteiger partial charge < -0.3 is 36.6 Å². The molecular formula is C33H33N7O4. The Morgan fingerprint density at radius 3 is 2.34 bits per heavy atom. The number of carbonyl (C=O) groups excluding carboxylic acids is 2. The van der Waals surface area contributed by atoms with Crippen molar-refractivity contribution in [1.82, 2.24) is 9.55 Å². The summed E-state index contributed by atoms with van der Waals surface area (Å²) >= 11 is 0. The highest BCUT2D eigenvalue weighted by molar-refractivity contribution is 6.06. The van der Waals surface area contributed by atoms with E-state index in [-0.39, 0.29) is 11.9 Å². The lowest BCUT2D eigenvalue weighted by molar-refractivity contribution is -0.121. The van der Waals surface area contributed by atoms with Crippen molar-refractivity contribution in [3.05, 3.63) is 103 Å². The summed E-state index contributed by atoms with van der Waals surface area (Å²) in [4.78, 5) is 35.0. The lowest BCUT2D eigenvalue weighted by atomic mass is 10.1. The number of imidazole rings is 1. The molecule has 44 heavy (non-hydrogen) atoms. The fourth-order valence-electron chi connectivity index (χ4n) is 4.85. The van der Waals surface area contributed by atoms with Gasteiger partial charge in [0.15, 0.2) is 5.96 Å². The van der Waals surface area contributed by atoms with Crippen LogP contribution >= 0.6 is 0 Å². The van der Waals surface area contributed by atoms with E-state index in [1.54, 1.807) is 54.1 Å². The maximum Gasteiger partial charge on any atom is 0.255 e. The quantitative estimate of drug-likeness (QED) is 0.0913. The SMILES string of the molecule is COc1ccc(NC(=O)c2ccc3c(c2)nc(-c2cccc(Oc4ccccc4)c2)n3C(CCCN=C(N)N)C(N)=O)cc1. The summed E-state index contributed by atoms with van der Waals surface area (Å²) in [6.07, 6.45) is 0.870. The number of carbonyl (C=O) groups is 2. The Morgan fingerprint density at radius 1 is 0.886 bits per heavy atom. The summed E-state index contributed by atoms with van der Waals surface area (Å²) in [5.41, 5.74) is 19.8. The second-order valence-electron chi connectivity index (χ2n) is 10.0. The van der Waals surface area contributed by atoms with E-state index in [0.717, 1.165) is 0 Å². The molecule has 0 saturated heterocycles. The second kappa shape index (κ2) is 13.4. The van der Waals surface area contributed by atoms with Gasteiger partial charge in [0.1, 0.15) is 29.1 Å². The maximum atomic E-state index is 13.2. The maximum absolute atomic E-state index is 13.2. The lowest BCUT2D eigenvalue weighted by Crippen LogP contribution is -2.27. The number of ether oxygens (including phenoxy) is 2. The average Bonchev–Trinajstić information content (AvgIpc) is 3.40. The number of nitrogens with one attached hydrogen (secondary N) is 1. The molecule has 1 atom stereocenters. The molecule has 0 spiro atoms. The Morgan fingerprint density at radius 2 is 1.64 bits per heavy atom. The van der Waals surface area contributed by atoms with Crippen molar-refractivity contribution in [2.24, 2.45) is 22.2 Å². The third kappa shape index (κ3) is 6.96. The summed E-state index contributed by atoms with van der Waals surface area (Å²) < 4.78 is 13.1. The third-order valence-electron chi connectivity index (χ3n) is 6.94. The first-order chi connectivity index (χ1) is 21.3. The molecule has 0 saturated carbocycles. The van der Waals surface area contributed by atoms with Crippen LogP contribution in [-0.4, -0.2) is 41.0 Å². The minimum Gasteiger partial charge on any atom is -0.497 e. The van der Waals surface area contributed by atoms with Gasteiger partial charge in [0.2, 0.25) is 5.91 Å². The van der Waals surface area contributed by atoms with Gasteiger partial charge >= 0.3 is 0 Å². The number of hydrogen-bond donors (Lipinski definition) is 4. The summed E-state index contributed by atoms with van der Waals surface area (Å²) in [6, 6.07) is 28.3. The van der Waals surface area contributed by atoms with Crippen LogP contribution in [0.1, 0.15) is 29.2 Å². The standard InChI is InChI=1S/C33H33N7O4/c1-43-24-15-13-23(14-16-24)38-32(42)22-12-17-28-27(20-22)39-31(40(28)29(30(34)41)11-6-18-37-33(35)36)21-7-5-10-26(19-21)44-25-8-3-2-4-9-25/h2-5,7-10,12-17,19-20,29H,6,11,18H2,1H3,(H2,34,41)(H,38,42)(H4,35,36,37). The Kier molecular flexibility index (Phi) is 9.05. The van der Waals surface area contributed by atoms with Gasteiger partial charge in [0.05, 0.1) is 18.1 Å². The first kappa shape index (κ1) is 29.6. The largest absolute Gasteiger partial charge is 0.497 e. The Labute approximate surface area is 254 Å². The number of guanidine groups is 1. The molecule has 4 aromatic carbocycles. The van der Waals surface area contributed by atoms with Crippen LogP contribution in [-0.2, 0) is 4.79 Å². The summed E-state index contributed by atoms with van der Waals surface area (Å²) in [7, 11) is 1.58. The Hall–Kier alpha value is -5.84. The molecule has 1 unspecified atom stereocenters. The number of hydrogen-bond acceptors (Lipinski definition) is 6. The summed E-state index contributed by atoms with van der Waals surface area (Å²) in [5.74, 6) is 1.59. The topological polar surface area (TPSA) is 173 Å². The number of aliphatic imine (C=N–C) groups is 1. The van der Waals surface area contributed by atoms with E-state index in [1.807, 2.05) is 54.6 Å². The van der Waals surface area contributed by atoms with Crippen molar-refractivity contribution in [3.63, 3.8) is 0 Å². The van der Waals surface area contributed by atoms with Gasteiger partial charge in [-0.05, 0) is 79.6 Å². The molecule has 11 nitrogen and oxygen atoms in total. The molecule has 0 aliphatic carbocycles. The van der Waals surface area contributed by atoms with Crippen molar-refractivity contribution in [1.29, 1.82) is 0 Å².